The van der Waals surface area contributed by atoms with E-state index < -0.39 is 10.2 Å². The molecule has 5 heteroatoms. The fourth-order valence-electron chi connectivity index (χ4n) is 2.32. The zero-order valence-electron chi connectivity index (χ0n) is 10.9. The molecule has 2 rings (SSSR count). The van der Waals surface area contributed by atoms with Crippen molar-refractivity contribution in [2.24, 2.45) is 0 Å². The molecule has 1 aliphatic carbocycles. The van der Waals surface area contributed by atoms with Gasteiger partial charge in [-0.1, -0.05) is 36.8 Å². The Hall–Kier alpha value is -0.910. The molecular weight excluding hydrogens is 248 g/mol. The second kappa shape index (κ2) is 4.99. The summed E-state index contributed by atoms with van der Waals surface area (Å²) in [6, 6.07) is 10.2. The summed E-state index contributed by atoms with van der Waals surface area (Å²) in [7, 11) is -0.252. The van der Waals surface area contributed by atoms with Crippen LogP contribution in [0, 0.1) is 0 Å². The maximum absolute atomic E-state index is 11.8. The van der Waals surface area contributed by atoms with Crippen LogP contribution in [0.3, 0.4) is 0 Å². The van der Waals surface area contributed by atoms with Gasteiger partial charge in [-0.15, -0.1) is 0 Å². The molecule has 1 fully saturated rings. The van der Waals surface area contributed by atoms with Crippen molar-refractivity contribution in [1.29, 1.82) is 0 Å². The molecule has 1 aromatic rings. The zero-order valence-corrected chi connectivity index (χ0v) is 11.7. The van der Waals surface area contributed by atoms with E-state index in [4.69, 9.17) is 0 Å². The van der Waals surface area contributed by atoms with Gasteiger partial charge in [0.1, 0.15) is 0 Å². The first-order valence-electron chi connectivity index (χ1n) is 6.19. The lowest BCUT2D eigenvalue weighted by atomic mass is 9.64. The fraction of sp³-hybridized carbons (Fsp3) is 0.538. The first kappa shape index (κ1) is 13.5. The Morgan fingerprint density at radius 1 is 1.22 bits per heavy atom. The minimum Gasteiger partial charge on any atom is -0.201 e. The molecule has 4 nitrogen and oxygen atoms in total. The minimum atomic E-state index is -3.33. The quantitative estimate of drug-likeness (QED) is 0.880. The Morgan fingerprint density at radius 2 is 1.83 bits per heavy atom. The molecule has 1 saturated carbocycles. The molecule has 1 aliphatic rings. The number of hydrogen-bond acceptors (Lipinski definition) is 2. The average Bonchev–Trinajstić information content (AvgIpc) is 2.28. The summed E-state index contributed by atoms with van der Waals surface area (Å²) in [5, 5.41) is 0. The lowest BCUT2D eigenvalue weighted by Gasteiger charge is -2.42. The molecule has 1 aromatic carbocycles. The van der Waals surface area contributed by atoms with Crippen LogP contribution in [0.4, 0.5) is 0 Å². The molecule has 0 amide bonds. The molecule has 0 unspecified atom stereocenters. The molecule has 0 atom stereocenters. The topological polar surface area (TPSA) is 49.4 Å². The van der Waals surface area contributed by atoms with Crippen LogP contribution in [0.5, 0.6) is 0 Å². The van der Waals surface area contributed by atoms with Crippen LogP contribution in [0.15, 0.2) is 30.3 Å². The van der Waals surface area contributed by atoms with Crippen molar-refractivity contribution >= 4 is 10.2 Å². The molecule has 0 saturated heterocycles. The van der Waals surface area contributed by atoms with Crippen LogP contribution < -0.4 is 4.72 Å². The van der Waals surface area contributed by atoms with E-state index in [2.05, 4.69) is 16.9 Å². The molecule has 0 aromatic heterocycles. The van der Waals surface area contributed by atoms with Gasteiger partial charge in [-0.3, -0.25) is 0 Å². The molecule has 0 aliphatic heterocycles. The number of benzene rings is 1. The highest BCUT2D eigenvalue weighted by molar-refractivity contribution is 7.87. The Bertz CT molecular complexity index is 493. The summed E-state index contributed by atoms with van der Waals surface area (Å²) >= 11 is 0. The Kier molecular flexibility index (Phi) is 3.75. The van der Waals surface area contributed by atoms with E-state index in [-0.39, 0.29) is 5.41 Å². The third-order valence-electron chi connectivity index (χ3n) is 3.77. The predicted molar refractivity (Wildman–Crippen MR) is 72.6 cm³/mol. The molecular formula is C13H20N2O2S. The first-order valence-corrected chi connectivity index (χ1v) is 7.63. The number of rotatable bonds is 5. The highest BCUT2D eigenvalue weighted by Gasteiger charge is 2.39. The van der Waals surface area contributed by atoms with Crippen LogP contribution in [0.1, 0.15) is 24.8 Å². The lowest BCUT2D eigenvalue weighted by molar-refractivity contribution is 0.244. The summed E-state index contributed by atoms with van der Waals surface area (Å²) in [5.74, 6) is 0. The van der Waals surface area contributed by atoms with Crippen molar-refractivity contribution < 1.29 is 8.42 Å². The smallest absolute Gasteiger partial charge is 0.201 e. The van der Waals surface area contributed by atoms with Crippen molar-refractivity contribution in [1.82, 2.24) is 9.03 Å². The molecule has 0 spiro atoms. The largest absolute Gasteiger partial charge is 0.278 e. The molecule has 0 bridgehead atoms. The number of hydrogen-bond donors (Lipinski definition) is 1. The highest BCUT2D eigenvalue weighted by Crippen LogP contribution is 2.43. The van der Waals surface area contributed by atoms with Gasteiger partial charge in [0.25, 0.3) is 10.2 Å². The second-order valence-electron chi connectivity index (χ2n) is 5.11. The van der Waals surface area contributed by atoms with Crippen molar-refractivity contribution in [2.45, 2.75) is 24.7 Å². The average molecular weight is 268 g/mol. The van der Waals surface area contributed by atoms with E-state index in [1.807, 2.05) is 18.2 Å². The van der Waals surface area contributed by atoms with Crippen LogP contribution in [-0.4, -0.2) is 33.4 Å². The summed E-state index contributed by atoms with van der Waals surface area (Å²) in [6.45, 7) is 0.484. The summed E-state index contributed by atoms with van der Waals surface area (Å²) in [4.78, 5) is 0. The van der Waals surface area contributed by atoms with Gasteiger partial charge in [0, 0.05) is 26.1 Å². The van der Waals surface area contributed by atoms with Gasteiger partial charge in [0.05, 0.1) is 0 Å². The van der Waals surface area contributed by atoms with Crippen LogP contribution in [0.25, 0.3) is 0 Å². The van der Waals surface area contributed by atoms with E-state index in [1.54, 1.807) is 0 Å². The molecule has 18 heavy (non-hydrogen) atoms. The van der Waals surface area contributed by atoms with Gasteiger partial charge in [0.15, 0.2) is 0 Å². The predicted octanol–water partition coefficient (Wildman–Crippen LogP) is 1.50. The SMILES string of the molecule is CN(C)S(=O)(=O)NCC1(c2ccccc2)CCC1. The number of nitrogens with one attached hydrogen (secondary N) is 1. The van der Waals surface area contributed by atoms with Crippen molar-refractivity contribution in [3.05, 3.63) is 35.9 Å². The maximum Gasteiger partial charge on any atom is 0.278 e. The van der Waals surface area contributed by atoms with Gasteiger partial charge in [-0.2, -0.15) is 12.7 Å². The van der Waals surface area contributed by atoms with Crippen molar-refractivity contribution in [3.63, 3.8) is 0 Å². The normalized spacial score (nSPS) is 18.6. The van der Waals surface area contributed by atoms with E-state index >= 15 is 0 Å². The Balaban J connectivity index is 2.11. The summed E-state index contributed by atoms with van der Waals surface area (Å²) in [6.07, 6.45) is 3.26. The van der Waals surface area contributed by atoms with Gasteiger partial charge in [-0.05, 0) is 18.4 Å². The first-order chi connectivity index (χ1) is 8.46. The van der Waals surface area contributed by atoms with Crippen LogP contribution in [0.2, 0.25) is 0 Å². The lowest BCUT2D eigenvalue weighted by Crippen LogP contribution is -2.48. The van der Waals surface area contributed by atoms with E-state index in [0.29, 0.717) is 6.54 Å². The molecule has 100 valence electrons. The standard InChI is InChI=1S/C13H20N2O2S/c1-15(2)18(16,17)14-11-13(9-6-10-13)12-7-4-3-5-8-12/h3-5,7-8,14H,6,9-11H2,1-2H3. The van der Waals surface area contributed by atoms with E-state index in [9.17, 15) is 8.42 Å². The monoisotopic (exact) mass is 268 g/mol. The van der Waals surface area contributed by atoms with Gasteiger partial charge in [0.2, 0.25) is 0 Å². The minimum absolute atomic E-state index is 0.00958. The zero-order chi connectivity index (χ0) is 13.2. The molecule has 0 radical (unpaired) electrons. The summed E-state index contributed by atoms with van der Waals surface area (Å²) < 4.78 is 27.4. The molecule has 1 N–H and O–H groups in total. The Labute approximate surface area is 109 Å². The third-order valence-corrected chi connectivity index (χ3v) is 5.24. The highest BCUT2D eigenvalue weighted by atomic mass is 32.2. The van der Waals surface area contributed by atoms with E-state index in [0.717, 1.165) is 12.8 Å². The fourth-order valence-corrected chi connectivity index (χ4v) is 3.04. The van der Waals surface area contributed by atoms with Gasteiger partial charge < -0.3 is 0 Å². The van der Waals surface area contributed by atoms with Gasteiger partial charge >= 0.3 is 0 Å². The number of nitrogens with zero attached hydrogens (tertiary/aromatic N) is 1. The second-order valence-corrected chi connectivity index (χ2v) is 7.08. The molecule has 0 heterocycles. The van der Waals surface area contributed by atoms with Crippen molar-refractivity contribution in [2.75, 3.05) is 20.6 Å². The Morgan fingerprint density at radius 3 is 2.28 bits per heavy atom. The van der Waals surface area contributed by atoms with E-state index in [1.165, 1.54) is 30.4 Å². The maximum atomic E-state index is 11.8. The van der Waals surface area contributed by atoms with Crippen LogP contribution in [-0.2, 0) is 15.6 Å². The third kappa shape index (κ3) is 2.58. The van der Waals surface area contributed by atoms with Crippen molar-refractivity contribution in [3.8, 4) is 0 Å². The van der Waals surface area contributed by atoms with Crippen LogP contribution >= 0.6 is 0 Å². The summed E-state index contributed by atoms with van der Waals surface area (Å²) in [5.41, 5.74) is 1.22. The van der Waals surface area contributed by atoms with Gasteiger partial charge in [-0.25, -0.2) is 4.72 Å².